The third-order valence-corrected chi connectivity index (χ3v) is 35.7. The molecule has 6 N–H and O–H groups in total. The van der Waals surface area contributed by atoms with Crippen LogP contribution in [0.2, 0.25) is 0 Å². The molecule has 0 aromatic carbocycles. The van der Waals surface area contributed by atoms with Gasteiger partial charge in [0.25, 0.3) is 0 Å². The normalized spacial score (nSPS) is 16.6. The topological polar surface area (TPSA) is 78.7 Å². The number of hydrogen-bond donors (Lipinski definition) is 6. The molecular formula is H30Cl6N8Si12. The van der Waals surface area contributed by atoms with Crippen LogP contribution in [0.25, 0.3) is 0 Å². The van der Waals surface area contributed by atoms with Crippen LogP contribution in [0.4, 0.5) is 0 Å². The summed E-state index contributed by atoms with van der Waals surface area (Å²) in [5.41, 5.74) is 0. The Morgan fingerprint density at radius 1 is 0.462 bits per heavy atom. The minimum absolute atomic E-state index is 0.229. The van der Waals surface area contributed by atoms with Crippen molar-refractivity contribution in [3.63, 3.8) is 0 Å². The van der Waals surface area contributed by atoms with Crippen molar-refractivity contribution in [2.45, 2.75) is 0 Å². The first-order valence-electron chi connectivity index (χ1n) is 7.74. The molecule has 0 aromatic rings. The van der Waals surface area contributed by atoms with Crippen LogP contribution < -0.4 is 27.9 Å². The van der Waals surface area contributed by atoms with Crippen LogP contribution in [0.3, 0.4) is 0 Å². The molecule has 0 spiro atoms. The summed E-state index contributed by atoms with van der Waals surface area (Å²) in [5.74, 6) is 0. The van der Waals surface area contributed by atoms with E-state index in [9.17, 15) is 0 Å². The van der Waals surface area contributed by atoms with Crippen LogP contribution >= 0.6 is 66.5 Å². The molecule has 26 heavy (non-hydrogen) atoms. The van der Waals surface area contributed by atoms with Gasteiger partial charge in [-0.15, -0.1) is 0 Å². The maximum atomic E-state index is 6.16. The summed E-state index contributed by atoms with van der Waals surface area (Å²) in [6, 6.07) is 0. The van der Waals surface area contributed by atoms with Gasteiger partial charge in [0, 0.05) is 0 Å². The molecule has 0 saturated heterocycles. The van der Waals surface area contributed by atoms with E-state index in [1.807, 2.05) is 0 Å². The van der Waals surface area contributed by atoms with Crippen molar-refractivity contribution in [2.24, 2.45) is 0 Å². The maximum Gasteiger partial charge on any atom is 0.189 e. The molecule has 0 amide bonds. The fourth-order valence-electron chi connectivity index (χ4n) is 1.43. The molecule has 0 heterocycles. The van der Waals surface area contributed by atoms with Gasteiger partial charge >= 0.3 is 0 Å². The van der Waals surface area contributed by atoms with Crippen LogP contribution in [-0.4, -0.2) is 121 Å². The predicted molar refractivity (Wildman–Crippen MR) is 160 cm³/mol. The highest BCUT2D eigenvalue weighted by atomic mass is 35.6. The molecular weight excluding hydrogens is 662 g/mol. The summed E-state index contributed by atoms with van der Waals surface area (Å²) in [5, 5.41) is 0. The summed E-state index contributed by atoms with van der Waals surface area (Å²) in [7, 11) is -4.89. The van der Waals surface area contributed by atoms with Crippen molar-refractivity contribution in [3.05, 3.63) is 0 Å². The Labute approximate surface area is 213 Å². The monoisotopic (exact) mass is 688 g/mol. The Kier molecular flexibility index (Phi) is 35.9. The Morgan fingerprint density at radius 2 is 0.769 bits per heavy atom. The fraction of sp³-hybridized carbons (Fsp3) is 0. The van der Waals surface area contributed by atoms with Crippen LogP contribution in [0.5, 0.6) is 0 Å². The lowest BCUT2D eigenvalue weighted by molar-refractivity contribution is 0.943. The molecule has 0 aromatic heterocycles. The van der Waals surface area contributed by atoms with Crippen molar-refractivity contribution < 1.29 is 0 Å². The van der Waals surface area contributed by atoms with Crippen molar-refractivity contribution in [3.8, 4) is 0 Å². The van der Waals surface area contributed by atoms with E-state index in [1.165, 1.54) is 0 Å². The van der Waals surface area contributed by atoms with E-state index < -0.39 is 53.9 Å². The predicted octanol–water partition coefficient (Wildman–Crippen LogP) is -10.5. The molecule has 0 aliphatic rings. The van der Waals surface area contributed by atoms with Crippen LogP contribution in [0, 0.1) is 0 Å². The van der Waals surface area contributed by atoms with Crippen LogP contribution in [-0.2, 0) is 0 Å². The minimum Gasteiger partial charge on any atom is -0.348 e. The fourth-order valence-corrected chi connectivity index (χ4v) is 34.7. The summed E-state index contributed by atoms with van der Waals surface area (Å²) in [4.78, 5) is 0. The molecule has 0 rings (SSSR count). The average molecular weight is 692 g/mol. The third-order valence-electron chi connectivity index (χ3n) is 2.54. The van der Waals surface area contributed by atoms with E-state index in [4.69, 9.17) is 66.5 Å². The first kappa shape index (κ1) is 32.2. The van der Waals surface area contributed by atoms with Crippen molar-refractivity contribution >= 4 is 179 Å². The van der Waals surface area contributed by atoms with E-state index in [0.29, 0.717) is 0 Å². The minimum atomic E-state index is -0.554. The summed E-state index contributed by atoms with van der Waals surface area (Å²) in [6.07, 6.45) is 0. The Balaban J connectivity index is 0. The summed E-state index contributed by atoms with van der Waals surface area (Å²) in [6.45, 7) is 0. The molecule has 0 bridgehead atoms. The van der Waals surface area contributed by atoms with Gasteiger partial charge in [0.15, 0.2) is 103 Å². The Morgan fingerprint density at radius 3 is 1.04 bits per heavy atom. The van der Waals surface area contributed by atoms with Gasteiger partial charge in [-0.25, -0.2) is 0 Å². The molecule has 0 fully saturated rings. The zero-order valence-electron chi connectivity index (χ0n) is 14.6. The van der Waals surface area contributed by atoms with Crippen LogP contribution in [0.15, 0.2) is 0 Å². The third kappa shape index (κ3) is 26.1. The summed E-state index contributed by atoms with van der Waals surface area (Å²) < 4.78 is 25.2. The molecule has 0 atom stereocenters. The van der Waals surface area contributed by atoms with Crippen molar-refractivity contribution in [2.75, 3.05) is 0 Å². The van der Waals surface area contributed by atoms with Gasteiger partial charge in [-0.1, -0.05) is 0 Å². The standard InChI is InChI=1S/Cl4H22N6Si9.Cl2H8N2Si3/c1-11-5-15-7-17-9(13-3)19-10(14-4)18-8-16-6-12-2;1-5-3-7-4-6-2/h5-8H,11-19H2;3-4H,5-7H2. The molecule has 26 heteroatoms. The smallest absolute Gasteiger partial charge is 0.189 e. The van der Waals surface area contributed by atoms with Crippen molar-refractivity contribution in [1.29, 1.82) is 0 Å². The number of halogens is 6. The van der Waals surface area contributed by atoms with E-state index >= 15 is 0 Å². The zero-order chi connectivity index (χ0) is 19.9. The average Bonchev–Trinajstić information content (AvgIpc) is 2.67. The Bertz CT molecular complexity index is 238. The molecule has 0 aliphatic carbocycles. The van der Waals surface area contributed by atoms with E-state index in [1.54, 1.807) is 0 Å². The highest BCUT2D eigenvalue weighted by Crippen LogP contribution is 1.87. The lowest BCUT2D eigenvalue weighted by Gasteiger charge is -2.27. The van der Waals surface area contributed by atoms with E-state index in [2.05, 4.69) is 35.7 Å². The van der Waals surface area contributed by atoms with Gasteiger partial charge in [0.2, 0.25) is 0 Å². The van der Waals surface area contributed by atoms with Gasteiger partial charge in [-0.2, -0.15) is 66.5 Å². The zero-order valence-corrected chi connectivity index (χ0v) is 36.2. The highest BCUT2D eigenvalue weighted by Gasteiger charge is 2.11. The Hall–Kier alpha value is 4.02. The second kappa shape index (κ2) is 29.0. The quantitative estimate of drug-likeness (QED) is 0.0482. The second-order valence-corrected chi connectivity index (χ2v) is 35.5. The van der Waals surface area contributed by atoms with Gasteiger partial charge < -0.3 is 35.7 Å². The summed E-state index contributed by atoms with van der Waals surface area (Å²) >= 11 is 34.6. The first-order chi connectivity index (χ1) is 12.7. The van der Waals surface area contributed by atoms with Gasteiger partial charge in [0.05, 0.1) is 0 Å². The SMILES string of the molecule is Cl[SiH2]N[SiH2]N[SiH2]Cl.Cl[SiH2]N[SiH2]N[SiH2]N([SiH2]Cl)[SiH2]N([SiH2]Cl)[SiH2]N[SiH2]N[SiH2]Cl. The van der Waals surface area contributed by atoms with Gasteiger partial charge in [-0.3, -0.25) is 0 Å². The number of rotatable bonds is 18. The molecule has 160 valence electrons. The molecule has 0 radical (unpaired) electrons. The number of hydrogen-bond acceptors (Lipinski definition) is 8. The molecule has 0 saturated carbocycles. The lowest BCUT2D eigenvalue weighted by Crippen LogP contribution is -2.55. The second-order valence-electron chi connectivity index (χ2n) is 4.60. The lowest BCUT2D eigenvalue weighted by atomic mass is 13.7. The number of nitrogens with zero attached hydrogens (tertiary/aromatic N) is 2. The largest absolute Gasteiger partial charge is 0.348 e. The van der Waals surface area contributed by atoms with Gasteiger partial charge in [0.1, 0.15) is 9.84 Å². The first-order valence-corrected chi connectivity index (χ1v) is 32.9. The van der Waals surface area contributed by atoms with Crippen LogP contribution in [0.1, 0.15) is 0 Å². The van der Waals surface area contributed by atoms with Crippen molar-refractivity contribution in [1.82, 2.24) is 35.7 Å². The maximum absolute atomic E-state index is 6.16. The highest BCUT2D eigenvalue weighted by molar-refractivity contribution is 7.02. The van der Waals surface area contributed by atoms with E-state index in [0.717, 1.165) is 0 Å². The molecule has 0 aliphatic heterocycles. The molecule has 0 unspecified atom stereocenters. The van der Waals surface area contributed by atoms with E-state index in [-0.39, 0.29) is 59.1 Å². The number of nitrogens with one attached hydrogen (secondary N) is 6. The van der Waals surface area contributed by atoms with Gasteiger partial charge in [-0.05, 0) is 0 Å². The molecule has 8 nitrogen and oxygen atoms in total.